The van der Waals surface area contributed by atoms with Gasteiger partial charge in [-0.2, -0.15) is 5.26 Å². The van der Waals surface area contributed by atoms with Crippen molar-refractivity contribution in [3.63, 3.8) is 0 Å². The summed E-state index contributed by atoms with van der Waals surface area (Å²) >= 11 is 0. The molecule has 0 radical (unpaired) electrons. The summed E-state index contributed by atoms with van der Waals surface area (Å²) in [6.45, 7) is 8.32. The predicted octanol–water partition coefficient (Wildman–Crippen LogP) is 7.14. The van der Waals surface area contributed by atoms with Crippen molar-refractivity contribution in [1.29, 1.82) is 5.26 Å². The number of anilines is 1. The lowest BCUT2D eigenvalue weighted by Crippen LogP contribution is -2.44. The van der Waals surface area contributed by atoms with Crippen LogP contribution in [0.4, 0.5) is 23.8 Å². The summed E-state index contributed by atoms with van der Waals surface area (Å²) in [6, 6.07) is 6.77. The molecule has 0 aliphatic carbocycles. The van der Waals surface area contributed by atoms with Crippen LogP contribution in [-0.2, 0) is 41.9 Å². The number of amides is 1. The number of carbonyl (C=O) groups excluding carboxylic acids is 1. The van der Waals surface area contributed by atoms with E-state index in [0.717, 1.165) is 31.7 Å². The molecule has 0 bridgehead atoms. The molecular weight excluding hydrogens is 778 g/mol. The molecule has 0 saturated carbocycles. The highest BCUT2D eigenvalue weighted by molar-refractivity contribution is 7.91. The number of alkyl halides is 2. The minimum atomic E-state index is -3.54. The van der Waals surface area contributed by atoms with Gasteiger partial charge in [0, 0.05) is 36.7 Å². The lowest BCUT2D eigenvalue weighted by Gasteiger charge is -2.37. The molecule has 0 spiro atoms. The minimum absolute atomic E-state index is 0.0388. The van der Waals surface area contributed by atoms with E-state index in [1.807, 2.05) is 0 Å². The third-order valence-electron chi connectivity index (χ3n) is 11.4. The number of carbonyl (C=O) groups is 1. The quantitative estimate of drug-likeness (QED) is 0.174. The molecular formula is C41H53F3N6O7S. The fourth-order valence-electron chi connectivity index (χ4n) is 8.08. The van der Waals surface area contributed by atoms with Gasteiger partial charge in [-0.05, 0) is 78.7 Å². The van der Waals surface area contributed by atoms with Crippen molar-refractivity contribution in [2.24, 2.45) is 5.92 Å². The number of piperidine rings is 1. The number of hydrogen-bond acceptors (Lipinski definition) is 11. The maximum atomic E-state index is 16.3. The number of sulfone groups is 1. The number of rotatable bonds is 13. The Hall–Kier alpha value is -4.27. The highest BCUT2D eigenvalue weighted by atomic mass is 32.2. The third kappa shape index (κ3) is 9.61. The van der Waals surface area contributed by atoms with Crippen LogP contribution < -0.4 is 10.9 Å². The van der Waals surface area contributed by atoms with E-state index < -0.39 is 61.8 Å². The first-order valence-corrected chi connectivity index (χ1v) is 21.9. The van der Waals surface area contributed by atoms with Crippen molar-refractivity contribution in [3.8, 4) is 6.07 Å². The SMILES string of the molecule is C[C@@H](Nc1ncnc2c1cc(C1(C#N)CCS(=O)(=O)CC1)c(=O)n2CCCCCCC1OCCO1)c1cccc(C(F)(F)C2CCN(C(=O)OC(C)(C)C)CC2)c1F. The second-order valence-corrected chi connectivity index (χ2v) is 18.9. The molecule has 1 atom stereocenters. The summed E-state index contributed by atoms with van der Waals surface area (Å²) in [5, 5.41) is 14.0. The van der Waals surface area contributed by atoms with Gasteiger partial charge >= 0.3 is 6.09 Å². The van der Waals surface area contributed by atoms with Crippen LogP contribution in [0.1, 0.15) is 108 Å². The zero-order chi connectivity index (χ0) is 41.9. The van der Waals surface area contributed by atoms with E-state index >= 15 is 13.2 Å². The van der Waals surface area contributed by atoms with Gasteiger partial charge in [0.25, 0.3) is 11.5 Å². The fraction of sp³-hybridized carbons (Fsp3) is 0.634. The maximum absolute atomic E-state index is 16.3. The highest BCUT2D eigenvalue weighted by Crippen LogP contribution is 2.44. The molecule has 5 heterocycles. The predicted molar refractivity (Wildman–Crippen MR) is 211 cm³/mol. The number of halogens is 3. The Kier molecular flexibility index (Phi) is 13.1. The first-order chi connectivity index (χ1) is 27.4. The van der Waals surface area contributed by atoms with Gasteiger partial charge in [-0.1, -0.05) is 31.0 Å². The average Bonchev–Trinajstić information content (AvgIpc) is 3.70. The molecule has 0 unspecified atom stereocenters. The van der Waals surface area contributed by atoms with E-state index in [1.165, 1.54) is 34.0 Å². The largest absolute Gasteiger partial charge is 0.444 e. The summed E-state index contributed by atoms with van der Waals surface area (Å²) in [5.74, 6) is -6.13. The molecule has 316 valence electrons. The molecule has 3 aromatic rings. The van der Waals surface area contributed by atoms with E-state index in [9.17, 15) is 23.3 Å². The van der Waals surface area contributed by atoms with Crippen molar-refractivity contribution < 1.29 is 40.6 Å². The normalized spacial score (nSPS) is 19.5. The molecule has 1 aromatic carbocycles. The summed E-state index contributed by atoms with van der Waals surface area (Å²) in [6.07, 6.45) is 4.18. The van der Waals surface area contributed by atoms with E-state index in [2.05, 4.69) is 21.4 Å². The summed E-state index contributed by atoms with van der Waals surface area (Å²) in [7, 11) is -3.38. The van der Waals surface area contributed by atoms with Crippen LogP contribution in [0.5, 0.6) is 0 Å². The number of likely N-dealkylation sites (tertiary alicyclic amines) is 1. The molecule has 17 heteroatoms. The van der Waals surface area contributed by atoms with Gasteiger partial charge in [0.05, 0.1) is 53.2 Å². The highest BCUT2D eigenvalue weighted by Gasteiger charge is 2.46. The summed E-state index contributed by atoms with van der Waals surface area (Å²) in [4.78, 5) is 37.1. The Labute approximate surface area is 337 Å². The van der Waals surface area contributed by atoms with Crippen LogP contribution >= 0.6 is 0 Å². The number of hydrogen-bond donors (Lipinski definition) is 1. The number of nitrogens with one attached hydrogen (secondary N) is 1. The smallest absolute Gasteiger partial charge is 0.410 e. The Balaban J connectivity index is 1.26. The third-order valence-corrected chi connectivity index (χ3v) is 13.1. The topological polar surface area (TPSA) is 166 Å². The molecule has 3 aliphatic rings. The van der Waals surface area contributed by atoms with Crippen molar-refractivity contribution in [2.75, 3.05) is 43.1 Å². The van der Waals surface area contributed by atoms with Gasteiger partial charge in [0.1, 0.15) is 39.0 Å². The Bertz CT molecular complexity index is 2160. The second-order valence-electron chi connectivity index (χ2n) is 16.6. The Morgan fingerprint density at radius 1 is 1.09 bits per heavy atom. The van der Waals surface area contributed by atoms with Gasteiger partial charge in [-0.25, -0.2) is 36.4 Å². The first-order valence-electron chi connectivity index (χ1n) is 20.1. The number of pyridine rings is 1. The number of fused-ring (bicyclic) bond motifs is 1. The Morgan fingerprint density at radius 3 is 2.41 bits per heavy atom. The van der Waals surface area contributed by atoms with Crippen LogP contribution in [-0.4, -0.2) is 83.6 Å². The van der Waals surface area contributed by atoms with Gasteiger partial charge in [0.15, 0.2) is 6.29 Å². The van der Waals surface area contributed by atoms with Crippen molar-refractivity contribution in [2.45, 2.75) is 121 Å². The first kappa shape index (κ1) is 43.3. The standard InChI is InChI=1S/C41H53F3N6O7S/c1-27(29-10-9-11-31(34(29)42)41(43,44)28-13-18-49(19-14-28)38(52)57-39(2,3)4)48-35-30-24-32(40(25-45)15-22-58(53,54)23-16-40)37(51)50(36(30)47-26-46-35)17-8-6-5-7-12-33-55-20-21-56-33/h9-11,24,26-28,33H,5-8,12-23H2,1-4H3,(H,46,47,48)/t27-/m1/s1. The zero-order valence-electron chi connectivity index (χ0n) is 33.6. The monoisotopic (exact) mass is 830 g/mol. The Morgan fingerprint density at radius 2 is 1.76 bits per heavy atom. The van der Waals surface area contributed by atoms with Gasteiger partial charge in [0.2, 0.25) is 0 Å². The molecule has 13 nitrogen and oxygen atoms in total. The van der Waals surface area contributed by atoms with Gasteiger partial charge < -0.3 is 24.4 Å². The molecule has 3 fully saturated rings. The van der Waals surface area contributed by atoms with Crippen LogP contribution in [0.2, 0.25) is 0 Å². The van der Waals surface area contributed by atoms with Gasteiger partial charge in [-0.3, -0.25) is 9.36 Å². The van der Waals surface area contributed by atoms with Gasteiger partial charge in [-0.15, -0.1) is 0 Å². The number of aryl methyl sites for hydroxylation is 1. The lowest BCUT2D eigenvalue weighted by atomic mass is 9.77. The van der Waals surface area contributed by atoms with Crippen LogP contribution in [0, 0.1) is 23.1 Å². The van der Waals surface area contributed by atoms with E-state index in [0.29, 0.717) is 25.0 Å². The number of aromatic nitrogens is 3. The molecule has 58 heavy (non-hydrogen) atoms. The molecule has 3 aliphatic heterocycles. The van der Waals surface area contributed by atoms with Crippen molar-refractivity contribution >= 4 is 32.8 Å². The van der Waals surface area contributed by atoms with Crippen molar-refractivity contribution in [1.82, 2.24) is 19.4 Å². The van der Waals surface area contributed by atoms with E-state index in [-0.39, 0.29) is 85.7 Å². The second kappa shape index (κ2) is 17.5. The fourth-order valence-corrected chi connectivity index (χ4v) is 9.60. The molecule has 6 rings (SSSR count). The number of nitriles is 1. The van der Waals surface area contributed by atoms with E-state index in [4.69, 9.17) is 14.2 Å². The lowest BCUT2D eigenvalue weighted by molar-refractivity contribution is -0.0885. The van der Waals surface area contributed by atoms with Crippen LogP contribution in [0.25, 0.3) is 11.0 Å². The summed E-state index contributed by atoms with van der Waals surface area (Å²) < 4.78 is 91.3. The number of benzene rings is 1. The minimum Gasteiger partial charge on any atom is -0.444 e. The summed E-state index contributed by atoms with van der Waals surface area (Å²) in [5.41, 5.74) is -2.95. The average molecular weight is 831 g/mol. The van der Waals surface area contributed by atoms with Crippen LogP contribution in [0.3, 0.4) is 0 Å². The van der Waals surface area contributed by atoms with Crippen molar-refractivity contribution in [3.05, 3.63) is 63.5 Å². The van der Waals surface area contributed by atoms with E-state index in [1.54, 1.807) is 27.7 Å². The molecule has 3 saturated heterocycles. The zero-order valence-corrected chi connectivity index (χ0v) is 34.4. The molecule has 1 N–H and O–H groups in total. The van der Waals surface area contributed by atoms with Crippen LogP contribution in [0.15, 0.2) is 35.4 Å². The maximum Gasteiger partial charge on any atom is 0.410 e. The number of ether oxygens (including phenoxy) is 3. The number of unbranched alkanes of at least 4 members (excludes halogenated alkanes) is 3. The number of nitrogens with zero attached hydrogens (tertiary/aromatic N) is 5. The molecule has 1 amide bonds. The molecule has 2 aromatic heterocycles.